The van der Waals surface area contributed by atoms with Gasteiger partial charge in [-0.15, -0.1) is 0 Å². The number of nitrogens with one attached hydrogen (secondary N) is 1. The molecule has 4 N–H and O–H groups in total. The number of amides is 2. The van der Waals surface area contributed by atoms with Gasteiger partial charge in [0, 0.05) is 12.8 Å². The third-order valence-electron chi connectivity index (χ3n) is 3.44. The standard InChI is InChI=1S/C19H28N2O6/c1-19(2,3)27-18(25)21-14(8-9-16(20)22)12-26-15-6-4-5-13(11-15)7-10-17(23)24/h4-6,11,14H,7-10,12H2,1-3H3,(H2,20,22)(H,21,25)(H,23,24)/t14-/m0/s1. The molecule has 0 spiro atoms. The van der Waals surface area contributed by atoms with Crippen molar-refractivity contribution in [1.29, 1.82) is 0 Å². The van der Waals surface area contributed by atoms with Crippen molar-refractivity contribution >= 4 is 18.0 Å². The monoisotopic (exact) mass is 380 g/mol. The van der Waals surface area contributed by atoms with Crippen LogP contribution in [0.3, 0.4) is 0 Å². The van der Waals surface area contributed by atoms with Gasteiger partial charge in [0.25, 0.3) is 0 Å². The summed E-state index contributed by atoms with van der Waals surface area (Å²) >= 11 is 0. The number of aryl methyl sites for hydroxylation is 1. The van der Waals surface area contributed by atoms with Gasteiger partial charge >= 0.3 is 12.1 Å². The number of carboxylic acid groups (broad SMARTS) is 1. The zero-order chi connectivity index (χ0) is 20.4. The Labute approximate surface area is 159 Å². The van der Waals surface area contributed by atoms with E-state index in [1.807, 2.05) is 6.07 Å². The lowest BCUT2D eigenvalue weighted by molar-refractivity contribution is -0.137. The average Bonchev–Trinajstić information content (AvgIpc) is 2.54. The fourth-order valence-corrected chi connectivity index (χ4v) is 2.23. The molecule has 1 aromatic rings. The first-order valence-electron chi connectivity index (χ1n) is 8.76. The van der Waals surface area contributed by atoms with Gasteiger partial charge in [0.15, 0.2) is 0 Å². The summed E-state index contributed by atoms with van der Waals surface area (Å²) < 4.78 is 10.9. The van der Waals surface area contributed by atoms with Crippen molar-refractivity contribution in [2.45, 2.75) is 58.1 Å². The molecule has 0 saturated heterocycles. The van der Waals surface area contributed by atoms with Crippen LogP contribution in [-0.4, -0.2) is 41.3 Å². The number of carbonyl (C=O) groups is 3. The number of hydrogen-bond donors (Lipinski definition) is 3. The number of primary amides is 1. The summed E-state index contributed by atoms with van der Waals surface area (Å²) in [6, 6.07) is 6.62. The number of ether oxygens (including phenoxy) is 2. The third kappa shape index (κ3) is 10.7. The quantitative estimate of drug-likeness (QED) is 0.571. The maximum absolute atomic E-state index is 12.0. The van der Waals surface area contributed by atoms with Crippen LogP contribution in [0.2, 0.25) is 0 Å². The van der Waals surface area contributed by atoms with Crippen LogP contribution in [0.25, 0.3) is 0 Å². The van der Waals surface area contributed by atoms with E-state index in [0.29, 0.717) is 18.6 Å². The van der Waals surface area contributed by atoms with Crippen LogP contribution in [0.4, 0.5) is 4.79 Å². The molecule has 150 valence electrons. The van der Waals surface area contributed by atoms with Gasteiger partial charge in [-0.05, 0) is 51.3 Å². The van der Waals surface area contributed by atoms with E-state index in [4.69, 9.17) is 20.3 Å². The normalized spacial score (nSPS) is 12.1. The fraction of sp³-hybridized carbons (Fsp3) is 0.526. The number of benzene rings is 1. The molecule has 8 nitrogen and oxygen atoms in total. The molecule has 0 aliphatic rings. The summed E-state index contributed by atoms with van der Waals surface area (Å²) in [6.45, 7) is 5.38. The van der Waals surface area contributed by atoms with E-state index >= 15 is 0 Å². The first-order valence-corrected chi connectivity index (χ1v) is 8.76. The van der Waals surface area contributed by atoms with E-state index in [1.54, 1.807) is 39.0 Å². The topological polar surface area (TPSA) is 128 Å². The molecule has 0 aromatic heterocycles. The van der Waals surface area contributed by atoms with Crippen molar-refractivity contribution in [2.24, 2.45) is 5.73 Å². The lowest BCUT2D eigenvalue weighted by atomic mass is 10.1. The van der Waals surface area contributed by atoms with E-state index in [-0.39, 0.29) is 19.4 Å². The van der Waals surface area contributed by atoms with Gasteiger partial charge in [0.1, 0.15) is 18.0 Å². The SMILES string of the molecule is CC(C)(C)OC(=O)N[C@@H](CCC(N)=O)COc1cccc(CCC(=O)O)c1. The third-order valence-corrected chi connectivity index (χ3v) is 3.44. The highest BCUT2D eigenvalue weighted by molar-refractivity contribution is 5.74. The number of carboxylic acids is 1. The van der Waals surface area contributed by atoms with Crippen molar-refractivity contribution < 1.29 is 29.0 Å². The van der Waals surface area contributed by atoms with Gasteiger partial charge < -0.3 is 25.6 Å². The van der Waals surface area contributed by atoms with Crippen molar-refractivity contribution in [2.75, 3.05) is 6.61 Å². The molecule has 0 aliphatic heterocycles. The van der Waals surface area contributed by atoms with Crippen molar-refractivity contribution in [3.63, 3.8) is 0 Å². The minimum Gasteiger partial charge on any atom is -0.491 e. The highest BCUT2D eigenvalue weighted by Crippen LogP contribution is 2.16. The van der Waals surface area contributed by atoms with Crippen LogP contribution in [-0.2, 0) is 20.7 Å². The molecular weight excluding hydrogens is 352 g/mol. The van der Waals surface area contributed by atoms with Crippen LogP contribution < -0.4 is 15.8 Å². The van der Waals surface area contributed by atoms with Gasteiger partial charge in [-0.25, -0.2) is 4.79 Å². The molecule has 0 heterocycles. The average molecular weight is 380 g/mol. The Morgan fingerprint density at radius 1 is 1.22 bits per heavy atom. The van der Waals surface area contributed by atoms with E-state index in [0.717, 1.165) is 5.56 Å². The molecule has 0 radical (unpaired) electrons. The minimum atomic E-state index is -0.866. The Bertz CT molecular complexity index is 654. The van der Waals surface area contributed by atoms with Gasteiger partial charge in [-0.3, -0.25) is 9.59 Å². The Balaban J connectivity index is 2.66. The van der Waals surface area contributed by atoms with Crippen molar-refractivity contribution in [1.82, 2.24) is 5.32 Å². The molecule has 0 fully saturated rings. The molecule has 0 saturated carbocycles. The molecular formula is C19H28N2O6. The number of nitrogens with two attached hydrogens (primary N) is 1. The van der Waals surface area contributed by atoms with E-state index in [2.05, 4.69) is 5.32 Å². The molecule has 1 aromatic carbocycles. The van der Waals surface area contributed by atoms with Crippen LogP contribution in [0.1, 0.15) is 45.6 Å². The second kappa shape index (κ2) is 10.4. The largest absolute Gasteiger partial charge is 0.491 e. The molecule has 27 heavy (non-hydrogen) atoms. The Morgan fingerprint density at radius 2 is 1.93 bits per heavy atom. The Hall–Kier alpha value is -2.77. The molecule has 2 amide bonds. The predicted octanol–water partition coefficient (Wildman–Crippen LogP) is 2.24. The second-order valence-electron chi connectivity index (χ2n) is 7.20. The second-order valence-corrected chi connectivity index (χ2v) is 7.20. The number of aliphatic carboxylic acids is 1. The highest BCUT2D eigenvalue weighted by atomic mass is 16.6. The van der Waals surface area contributed by atoms with E-state index in [9.17, 15) is 14.4 Å². The van der Waals surface area contributed by atoms with Gasteiger partial charge in [-0.1, -0.05) is 12.1 Å². The highest BCUT2D eigenvalue weighted by Gasteiger charge is 2.20. The molecule has 0 bridgehead atoms. The van der Waals surface area contributed by atoms with Crippen LogP contribution in [0, 0.1) is 0 Å². The zero-order valence-electron chi connectivity index (χ0n) is 16.0. The van der Waals surface area contributed by atoms with Gasteiger partial charge in [0.05, 0.1) is 6.04 Å². The van der Waals surface area contributed by atoms with Crippen LogP contribution in [0.5, 0.6) is 5.75 Å². The maximum atomic E-state index is 12.0. The zero-order valence-corrected chi connectivity index (χ0v) is 16.0. The summed E-state index contributed by atoms with van der Waals surface area (Å²) in [5.74, 6) is -0.788. The number of hydrogen-bond acceptors (Lipinski definition) is 5. The fourth-order valence-electron chi connectivity index (χ4n) is 2.23. The number of rotatable bonds is 10. The minimum absolute atomic E-state index is 0.0326. The summed E-state index contributed by atoms with van der Waals surface area (Å²) in [4.78, 5) is 33.7. The smallest absolute Gasteiger partial charge is 0.407 e. The Kier molecular flexibility index (Phi) is 8.58. The summed E-state index contributed by atoms with van der Waals surface area (Å²) in [7, 11) is 0. The van der Waals surface area contributed by atoms with Gasteiger partial charge in [0.2, 0.25) is 5.91 Å². The molecule has 0 unspecified atom stereocenters. The van der Waals surface area contributed by atoms with Crippen molar-refractivity contribution in [3.05, 3.63) is 29.8 Å². The lowest BCUT2D eigenvalue weighted by Crippen LogP contribution is -2.42. The van der Waals surface area contributed by atoms with Gasteiger partial charge in [-0.2, -0.15) is 0 Å². The lowest BCUT2D eigenvalue weighted by Gasteiger charge is -2.23. The first-order chi connectivity index (χ1) is 12.5. The molecule has 1 rings (SSSR count). The number of carbonyl (C=O) groups excluding carboxylic acids is 2. The van der Waals surface area contributed by atoms with E-state index in [1.165, 1.54) is 0 Å². The first kappa shape index (κ1) is 22.3. The van der Waals surface area contributed by atoms with Crippen molar-refractivity contribution in [3.8, 4) is 5.75 Å². The Morgan fingerprint density at radius 3 is 2.52 bits per heavy atom. The molecule has 1 atom stereocenters. The summed E-state index contributed by atoms with van der Waals surface area (Å²) in [5.41, 5.74) is 5.38. The van der Waals surface area contributed by atoms with Crippen LogP contribution in [0.15, 0.2) is 24.3 Å². The molecule has 8 heteroatoms. The maximum Gasteiger partial charge on any atom is 0.407 e. The summed E-state index contributed by atoms with van der Waals surface area (Å²) in [6.07, 6.45) is 0.241. The molecule has 0 aliphatic carbocycles. The number of alkyl carbamates (subject to hydrolysis) is 1. The van der Waals surface area contributed by atoms with Crippen LogP contribution >= 0.6 is 0 Å². The summed E-state index contributed by atoms with van der Waals surface area (Å²) in [5, 5.41) is 11.4. The van der Waals surface area contributed by atoms with E-state index < -0.39 is 29.6 Å². The predicted molar refractivity (Wildman–Crippen MR) is 99.5 cm³/mol.